The van der Waals surface area contributed by atoms with E-state index in [0.29, 0.717) is 32.2 Å². The first-order chi connectivity index (χ1) is 17.6. The van der Waals surface area contributed by atoms with Crippen LogP contribution in [0.2, 0.25) is 0 Å². The molecule has 0 aromatic rings. The molecule has 220 valence electrons. The molecule has 0 aromatic carbocycles. The molecule has 0 aromatic heterocycles. The predicted molar refractivity (Wildman–Crippen MR) is 150 cm³/mol. The Morgan fingerprint density at radius 1 is 0.711 bits per heavy atom. The second-order valence-electron chi connectivity index (χ2n) is 11.9. The highest BCUT2D eigenvalue weighted by Crippen LogP contribution is 2.12. The van der Waals surface area contributed by atoms with Crippen LogP contribution in [0.3, 0.4) is 0 Å². The Kier molecular flexibility index (Phi) is 16.5. The second kappa shape index (κ2) is 17.8. The van der Waals surface area contributed by atoms with E-state index < -0.39 is 11.5 Å². The average molecular weight is 540 g/mol. The lowest BCUT2D eigenvalue weighted by Crippen LogP contribution is -2.52. The number of nitrogens with one attached hydrogen (secondary N) is 4. The van der Waals surface area contributed by atoms with Crippen molar-refractivity contribution >= 4 is 29.5 Å². The van der Waals surface area contributed by atoms with Crippen LogP contribution in [-0.2, 0) is 24.0 Å². The molecule has 0 radical (unpaired) electrons. The Hall–Kier alpha value is -2.65. The van der Waals surface area contributed by atoms with Crippen molar-refractivity contribution in [2.75, 3.05) is 32.7 Å². The summed E-state index contributed by atoms with van der Waals surface area (Å²) in [5.74, 6) is -0.820. The van der Waals surface area contributed by atoms with Crippen molar-refractivity contribution in [3.05, 3.63) is 0 Å². The molecule has 0 heterocycles. The van der Waals surface area contributed by atoms with Gasteiger partial charge in [-0.1, -0.05) is 62.3 Å². The van der Waals surface area contributed by atoms with Crippen molar-refractivity contribution in [1.82, 2.24) is 26.2 Å². The van der Waals surface area contributed by atoms with Crippen molar-refractivity contribution in [1.29, 1.82) is 0 Å². The monoisotopic (exact) mass is 539 g/mol. The lowest BCUT2D eigenvalue weighted by Gasteiger charge is -2.29. The van der Waals surface area contributed by atoms with E-state index in [1.54, 1.807) is 18.7 Å². The van der Waals surface area contributed by atoms with Crippen LogP contribution >= 0.6 is 0 Å². The topological polar surface area (TPSA) is 137 Å². The van der Waals surface area contributed by atoms with Gasteiger partial charge in [0.15, 0.2) is 0 Å². The minimum absolute atomic E-state index is 0.0187. The molecule has 0 fully saturated rings. The molecule has 0 aliphatic rings. The third-order valence-electron chi connectivity index (χ3n) is 5.84. The number of amides is 5. The summed E-state index contributed by atoms with van der Waals surface area (Å²) in [5, 5.41) is 11.5. The highest BCUT2D eigenvalue weighted by Gasteiger charge is 2.27. The van der Waals surface area contributed by atoms with Crippen molar-refractivity contribution in [3.63, 3.8) is 0 Å². The van der Waals surface area contributed by atoms with E-state index in [1.165, 1.54) is 0 Å². The third-order valence-corrected chi connectivity index (χ3v) is 5.84. The molecule has 0 bridgehead atoms. The van der Waals surface area contributed by atoms with E-state index in [0.717, 1.165) is 0 Å². The molecule has 0 saturated heterocycles. The van der Waals surface area contributed by atoms with Crippen molar-refractivity contribution in [2.24, 2.45) is 23.2 Å². The first-order valence-corrected chi connectivity index (χ1v) is 14.0. The van der Waals surface area contributed by atoms with Gasteiger partial charge in [0.2, 0.25) is 29.5 Å². The van der Waals surface area contributed by atoms with Gasteiger partial charge in [-0.3, -0.25) is 24.0 Å². The van der Waals surface area contributed by atoms with Crippen LogP contribution in [0.25, 0.3) is 0 Å². The van der Waals surface area contributed by atoms with Gasteiger partial charge in [-0.15, -0.1) is 0 Å². The number of carbonyl (C=O) groups excluding carboxylic acids is 5. The van der Waals surface area contributed by atoms with Gasteiger partial charge in [0.05, 0.1) is 0 Å². The quantitative estimate of drug-likeness (QED) is 0.210. The summed E-state index contributed by atoms with van der Waals surface area (Å²) in [6.07, 6.45) is 2.04. The number of nitrogens with zero attached hydrogens (tertiary/aromatic N) is 1. The molecule has 10 heteroatoms. The Balaban J connectivity index is 5.43. The zero-order chi connectivity index (χ0) is 29.5. The summed E-state index contributed by atoms with van der Waals surface area (Å²) in [5.41, 5.74) is -0.557. The van der Waals surface area contributed by atoms with Gasteiger partial charge < -0.3 is 26.2 Å². The van der Waals surface area contributed by atoms with Gasteiger partial charge in [-0.25, -0.2) is 0 Å². The van der Waals surface area contributed by atoms with Crippen molar-refractivity contribution in [3.8, 4) is 0 Å². The zero-order valence-corrected chi connectivity index (χ0v) is 25.2. The van der Waals surface area contributed by atoms with Crippen LogP contribution in [0.4, 0.5) is 0 Å². The molecule has 0 aliphatic carbocycles. The Bertz CT molecular complexity index is 774. The zero-order valence-electron chi connectivity index (χ0n) is 25.2. The summed E-state index contributed by atoms with van der Waals surface area (Å²) in [7, 11) is 0. The van der Waals surface area contributed by atoms with Crippen molar-refractivity contribution in [2.45, 2.75) is 94.0 Å². The molecule has 0 spiro atoms. The highest BCUT2D eigenvalue weighted by atomic mass is 16.2. The Morgan fingerprint density at radius 2 is 1.21 bits per heavy atom. The van der Waals surface area contributed by atoms with Gasteiger partial charge in [0.25, 0.3) is 0 Å². The van der Waals surface area contributed by atoms with E-state index >= 15 is 0 Å². The largest absolute Gasteiger partial charge is 0.356 e. The molecule has 0 rings (SSSR count). The number of rotatable bonds is 17. The number of unbranched alkanes of at least 4 members (excludes halogenated alkanes) is 1. The average Bonchev–Trinajstić information content (AvgIpc) is 2.79. The molecular formula is C28H53N5O5. The van der Waals surface area contributed by atoms with Gasteiger partial charge in [-0.2, -0.15) is 0 Å². The molecule has 5 amide bonds. The van der Waals surface area contributed by atoms with Crippen LogP contribution in [0, 0.1) is 23.2 Å². The molecule has 1 unspecified atom stereocenters. The maximum absolute atomic E-state index is 13.6. The predicted octanol–water partition coefficient (Wildman–Crippen LogP) is 2.22. The van der Waals surface area contributed by atoms with Gasteiger partial charge in [0.1, 0.15) is 6.04 Å². The van der Waals surface area contributed by atoms with E-state index in [1.807, 2.05) is 48.5 Å². The first kappa shape index (κ1) is 35.4. The lowest BCUT2D eigenvalue weighted by molar-refractivity contribution is -0.137. The van der Waals surface area contributed by atoms with Crippen LogP contribution in [-0.4, -0.2) is 73.2 Å². The van der Waals surface area contributed by atoms with Gasteiger partial charge >= 0.3 is 0 Å². The number of carbonyl (C=O) groups is 5. The molecule has 0 saturated carbocycles. The smallest absolute Gasteiger partial charge is 0.245 e. The maximum Gasteiger partial charge on any atom is 0.245 e. The highest BCUT2D eigenvalue weighted by molar-refractivity contribution is 5.88. The summed E-state index contributed by atoms with van der Waals surface area (Å²) in [4.78, 5) is 63.9. The molecular weight excluding hydrogens is 486 g/mol. The third kappa shape index (κ3) is 15.6. The SMILES string of the molecule is CC(C)CC(=O)NC(CCCCNC(=O)C(C)C)C(=O)N(CCNC(=O)C(C)C)CCNC(=O)C(C)(C)C. The summed E-state index contributed by atoms with van der Waals surface area (Å²) in [6.45, 7) is 18.1. The minimum atomic E-state index is -0.735. The Morgan fingerprint density at radius 3 is 1.68 bits per heavy atom. The van der Waals surface area contributed by atoms with E-state index in [2.05, 4.69) is 21.3 Å². The standard InChI is InChI=1S/C28H53N5O5/c1-19(2)18-23(34)32-22(12-10-11-13-29-24(35)20(3)4)26(37)33(16-14-30-25(36)21(5)6)17-15-31-27(38)28(7,8)9/h19-22H,10-18H2,1-9H3,(H,29,35)(H,30,36)(H,31,38)(H,32,34). The van der Waals surface area contributed by atoms with Gasteiger partial charge in [-0.05, 0) is 25.2 Å². The Labute approximate surface area is 229 Å². The lowest BCUT2D eigenvalue weighted by atomic mass is 9.96. The van der Waals surface area contributed by atoms with E-state index in [-0.39, 0.29) is 73.5 Å². The second-order valence-corrected chi connectivity index (χ2v) is 11.9. The summed E-state index contributed by atoms with van der Waals surface area (Å²) in [6, 6.07) is -0.735. The molecule has 10 nitrogen and oxygen atoms in total. The van der Waals surface area contributed by atoms with E-state index in [4.69, 9.17) is 0 Å². The minimum Gasteiger partial charge on any atom is -0.356 e. The van der Waals surface area contributed by atoms with Crippen LogP contribution in [0.1, 0.15) is 88.0 Å². The fourth-order valence-electron chi connectivity index (χ4n) is 3.41. The van der Waals surface area contributed by atoms with Crippen molar-refractivity contribution < 1.29 is 24.0 Å². The van der Waals surface area contributed by atoms with E-state index in [9.17, 15) is 24.0 Å². The fourth-order valence-corrected chi connectivity index (χ4v) is 3.41. The molecule has 0 aliphatic heterocycles. The molecule has 4 N–H and O–H groups in total. The number of hydrogen-bond acceptors (Lipinski definition) is 5. The first-order valence-electron chi connectivity index (χ1n) is 14.0. The van der Waals surface area contributed by atoms with Gasteiger partial charge in [0, 0.05) is 56.4 Å². The van der Waals surface area contributed by atoms with Crippen LogP contribution in [0.15, 0.2) is 0 Å². The normalized spacial score (nSPS) is 12.3. The van der Waals surface area contributed by atoms with Crippen LogP contribution in [0.5, 0.6) is 0 Å². The molecule has 1 atom stereocenters. The maximum atomic E-state index is 13.6. The van der Waals surface area contributed by atoms with Crippen LogP contribution < -0.4 is 21.3 Å². The summed E-state index contributed by atoms with van der Waals surface area (Å²) >= 11 is 0. The summed E-state index contributed by atoms with van der Waals surface area (Å²) < 4.78 is 0. The number of hydrogen-bond donors (Lipinski definition) is 4. The molecule has 38 heavy (non-hydrogen) atoms. The fraction of sp³-hybridized carbons (Fsp3) is 0.821.